The summed E-state index contributed by atoms with van der Waals surface area (Å²) in [5.41, 5.74) is 1.80. The van der Waals surface area contributed by atoms with E-state index in [-0.39, 0.29) is 10.7 Å². The van der Waals surface area contributed by atoms with Crippen LogP contribution in [0, 0.1) is 26.7 Å². The van der Waals surface area contributed by atoms with Crippen LogP contribution in [0.2, 0.25) is 0 Å². The second-order valence-electron chi connectivity index (χ2n) is 7.74. The van der Waals surface area contributed by atoms with Crippen LogP contribution >= 0.6 is 23.1 Å². The Morgan fingerprint density at radius 2 is 1.87 bits per heavy atom. The predicted molar refractivity (Wildman–Crippen MR) is 125 cm³/mol. The number of hydrogen-bond donors (Lipinski definition) is 1. The van der Waals surface area contributed by atoms with E-state index in [0.29, 0.717) is 11.6 Å². The molecule has 0 amide bonds. The van der Waals surface area contributed by atoms with E-state index >= 15 is 0 Å². The highest BCUT2D eigenvalue weighted by Gasteiger charge is 2.27. The molecule has 0 radical (unpaired) electrons. The summed E-state index contributed by atoms with van der Waals surface area (Å²) in [7, 11) is -3.87. The molecule has 1 aromatic carbocycles. The van der Waals surface area contributed by atoms with Gasteiger partial charge in [0.2, 0.25) is 0 Å². The van der Waals surface area contributed by atoms with Crippen LogP contribution in [0.1, 0.15) is 29.0 Å². The van der Waals surface area contributed by atoms with E-state index < -0.39 is 15.7 Å². The molecule has 10 heteroatoms. The maximum absolute atomic E-state index is 13.0. The van der Waals surface area contributed by atoms with Crippen molar-refractivity contribution in [2.75, 3.05) is 23.7 Å². The summed E-state index contributed by atoms with van der Waals surface area (Å²) >= 11 is 3.23. The van der Waals surface area contributed by atoms with Gasteiger partial charge in [-0.1, -0.05) is 17.7 Å². The lowest BCUT2D eigenvalue weighted by Crippen LogP contribution is -2.19. The van der Waals surface area contributed by atoms with Gasteiger partial charge in [0.1, 0.15) is 5.69 Å². The van der Waals surface area contributed by atoms with E-state index in [1.54, 1.807) is 47.4 Å². The van der Waals surface area contributed by atoms with Crippen LogP contribution in [0.15, 0.2) is 38.2 Å². The van der Waals surface area contributed by atoms with E-state index in [4.69, 9.17) is 4.74 Å². The summed E-state index contributed by atoms with van der Waals surface area (Å²) in [5, 5.41) is 0. The van der Waals surface area contributed by atoms with Crippen molar-refractivity contribution in [3.63, 3.8) is 0 Å². The van der Waals surface area contributed by atoms with Gasteiger partial charge in [-0.15, -0.1) is 23.1 Å². The SMILES string of the molecule is Cc1ccc(S(=O)(=O)Nc2nc(=O)n3c(C)c(C)sc(SCC4CCOCC4)c2-3)cc1. The van der Waals surface area contributed by atoms with Crippen molar-refractivity contribution in [3.05, 3.63) is 50.9 Å². The molecule has 0 aromatic heterocycles. The Labute approximate surface area is 190 Å². The van der Waals surface area contributed by atoms with Crippen molar-refractivity contribution >= 4 is 38.9 Å². The van der Waals surface area contributed by atoms with Crippen LogP contribution in [0.5, 0.6) is 0 Å². The summed E-state index contributed by atoms with van der Waals surface area (Å²) < 4.78 is 36.3. The molecule has 1 fully saturated rings. The summed E-state index contributed by atoms with van der Waals surface area (Å²) in [6.45, 7) is 7.26. The normalized spacial score (nSPS) is 15.5. The minimum atomic E-state index is -3.87. The number of nitrogens with one attached hydrogen (secondary N) is 1. The van der Waals surface area contributed by atoms with Gasteiger partial charge >= 0.3 is 5.69 Å². The monoisotopic (exact) mass is 479 g/mol. The third-order valence-corrected chi connectivity index (χ3v) is 9.52. The van der Waals surface area contributed by atoms with Gasteiger partial charge in [-0.05, 0) is 51.7 Å². The molecule has 3 heterocycles. The zero-order valence-electron chi connectivity index (χ0n) is 17.7. The van der Waals surface area contributed by atoms with Gasteiger partial charge in [0, 0.05) is 29.5 Å². The van der Waals surface area contributed by atoms with Gasteiger partial charge in [0.25, 0.3) is 10.0 Å². The third-order valence-electron chi connectivity index (χ3n) is 5.48. The fraction of sp³-hybridized carbons (Fsp3) is 0.429. The summed E-state index contributed by atoms with van der Waals surface area (Å²) in [6, 6.07) is 6.58. The molecule has 1 aromatic rings. The highest BCUT2D eigenvalue weighted by Crippen LogP contribution is 2.39. The predicted octanol–water partition coefficient (Wildman–Crippen LogP) is 3.98. The zero-order valence-corrected chi connectivity index (χ0v) is 20.1. The molecule has 1 saturated heterocycles. The Kier molecular flexibility index (Phi) is 6.43. The average molecular weight is 480 g/mol. The molecule has 0 atom stereocenters. The number of rotatable bonds is 6. The number of fused-ring (bicyclic) bond motifs is 1. The van der Waals surface area contributed by atoms with Crippen LogP contribution < -0.4 is 10.4 Å². The maximum Gasteiger partial charge on any atom is 0.354 e. The highest BCUT2D eigenvalue weighted by atomic mass is 32.2. The molecule has 0 saturated carbocycles. The molecule has 3 aliphatic heterocycles. The molecule has 4 rings (SSSR count). The molecule has 0 spiro atoms. The first kappa shape index (κ1) is 22.3. The van der Waals surface area contributed by atoms with E-state index in [0.717, 1.165) is 52.2 Å². The lowest BCUT2D eigenvalue weighted by atomic mass is 10.0. The number of nitrogens with zero attached hydrogens (tertiary/aromatic N) is 2. The number of ether oxygens (including phenoxy) is 1. The Morgan fingerprint density at radius 3 is 2.55 bits per heavy atom. The van der Waals surface area contributed by atoms with Crippen LogP contribution in [-0.4, -0.2) is 36.9 Å². The number of aryl methyl sites for hydroxylation is 2. The first-order valence-corrected chi connectivity index (χ1v) is 13.4. The largest absolute Gasteiger partial charge is 0.381 e. The van der Waals surface area contributed by atoms with Crippen molar-refractivity contribution < 1.29 is 13.2 Å². The van der Waals surface area contributed by atoms with Gasteiger partial charge in [-0.2, -0.15) is 4.98 Å². The Morgan fingerprint density at radius 1 is 1.19 bits per heavy atom. The summed E-state index contributed by atoms with van der Waals surface area (Å²) in [6.07, 6.45) is 2.02. The fourth-order valence-corrected chi connectivity index (χ4v) is 7.17. The second-order valence-corrected chi connectivity index (χ2v) is 11.9. The topological polar surface area (TPSA) is 90.3 Å². The molecule has 7 nitrogen and oxygen atoms in total. The smallest absolute Gasteiger partial charge is 0.354 e. The van der Waals surface area contributed by atoms with Crippen LogP contribution in [-0.2, 0) is 14.8 Å². The first-order chi connectivity index (χ1) is 14.8. The molecule has 31 heavy (non-hydrogen) atoms. The summed E-state index contributed by atoms with van der Waals surface area (Å²) in [5.74, 6) is 1.51. The lowest BCUT2D eigenvalue weighted by molar-refractivity contribution is 0.0728. The standard InChI is InChI=1S/C21H25N3O4S3/c1-13-4-6-17(7-5-13)31(26,27)23-19-18-20(29-12-16-8-10-28-11-9-16)30-15(3)14(2)24(18)21(25)22-19/h4-7,16H,8-12H2,1-3H3,(H,22,23,25). The van der Waals surface area contributed by atoms with Gasteiger partial charge in [0.15, 0.2) is 5.82 Å². The van der Waals surface area contributed by atoms with Crippen molar-refractivity contribution in [1.82, 2.24) is 9.55 Å². The number of thioether (sulfide) groups is 1. The van der Waals surface area contributed by atoms with Crippen LogP contribution in [0.3, 0.4) is 0 Å². The molecule has 0 bridgehead atoms. The van der Waals surface area contributed by atoms with Crippen molar-refractivity contribution in [3.8, 4) is 5.69 Å². The minimum Gasteiger partial charge on any atom is -0.381 e. The second kappa shape index (κ2) is 8.93. The number of aromatic nitrogens is 2. The highest BCUT2D eigenvalue weighted by molar-refractivity contribution is 8.01. The number of sulfonamides is 1. The molecule has 3 aliphatic rings. The van der Waals surface area contributed by atoms with Crippen LogP contribution in [0.25, 0.3) is 5.69 Å². The first-order valence-electron chi connectivity index (χ1n) is 10.1. The van der Waals surface area contributed by atoms with Gasteiger partial charge in [-0.25, -0.2) is 13.2 Å². The minimum absolute atomic E-state index is 0.0828. The van der Waals surface area contributed by atoms with E-state index in [9.17, 15) is 13.2 Å². The fourth-order valence-electron chi connectivity index (χ4n) is 3.50. The van der Waals surface area contributed by atoms with Gasteiger partial charge < -0.3 is 4.74 Å². The van der Waals surface area contributed by atoms with Crippen molar-refractivity contribution in [1.29, 1.82) is 0 Å². The van der Waals surface area contributed by atoms with Gasteiger partial charge in [0.05, 0.1) is 9.10 Å². The van der Waals surface area contributed by atoms with Gasteiger partial charge in [-0.3, -0.25) is 9.29 Å². The van der Waals surface area contributed by atoms with E-state index in [2.05, 4.69) is 9.71 Å². The van der Waals surface area contributed by atoms with Crippen LogP contribution in [0.4, 0.5) is 5.82 Å². The average Bonchev–Trinajstić information content (AvgIpc) is 3.06. The van der Waals surface area contributed by atoms with Crippen molar-refractivity contribution in [2.45, 2.75) is 42.7 Å². The quantitative estimate of drug-likeness (QED) is 0.538. The zero-order chi connectivity index (χ0) is 22.2. The molecule has 0 aliphatic carbocycles. The molecular formula is C21H25N3O4S3. The van der Waals surface area contributed by atoms with Crippen molar-refractivity contribution in [2.24, 2.45) is 5.92 Å². The number of anilines is 1. The molecule has 1 N–H and O–H groups in total. The molecule has 0 unspecified atom stereocenters. The van der Waals surface area contributed by atoms with E-state index in [1.165, 1.54) is 4.57 Å². The Hall–Kier alpha value is -1.88. The summed E-state index contributed by atoms with van der Waals surface area (Å²) in [4.78, 5) is 17.9. The Balaban J connectivity index is 1.71. The lowest BCUT2D eigenvalue weighted by Gasteiger charge is -2.22. The Bertz CT molecular complexity index is 1210. The number of benzene rings is 1. The number of hydrogen-bond acceptors (Lipinski definition) is 7. The van der Waals surface area contributed by atoms with E-state index in [1.807, 2.05) is 20.8 Å². The third kappa shape index (κ3) is 4.67. The molecular weight excluding hydrogens is 454 g/mol. The number of imidazole rings is 1. The maximum atomic E-state index is 13.0. The molecule has 166 valence electrons.